The van der Waals surface area contributed by atoms with Gasteiger partial charge >= 0.3 is 0 Å². The van der Waals surface area contributed by atoms with Crippen LogP contribution in [0.2, 0.25) is 0 Å². The van der Waals surface area contributed by atoms with Crippen molar-refractivity contribution in [2.75, 3.05) is 0 Å². The molecule has 0 fully saturated rings. The summed E-state index contributed by atoms with van der Waals surface area (Å²) in [6.45, 7) is 0. The Hall–Kier alpha value is -4.62. The third kappa shape index (κ3) is 2.98. The van der Waals surface area contributed by atoms with Gasteiger partial charge in [0.15, 0.2) is 0 Å². The highest BCUT2D eigenvalue weighted by Crippen LogP contribution is 2.53. The molecule has 0 saturated carbocycles. The number of ether oxygens (including phenoxy) is 1. The van der Waals surface area contributed by atoms with Crippen molar-refractivity contribution < 1.29 is 17.1 Å². The van der Waals surface area contributed by atoms with Crippen LogP contribution < -0.4 is 4.74 Å². The van der Waals surface area contributed by atoms with Gasteiger partial charge < -0.3 is 4.74 Å². The van der Waals surface area contributed by atoms with Crippen molar-refractivity contribution in [2.45, 2.75) is 12.0 Å². The van der Waals surface area contributed by atoms with Crippen LogP contribution in [-0.4, -0.2) is 6.10 Å². The van der Waals surface area contributed by atoms with E-state index in [1.165, 1.54) is 0 Å². The second-order valence-corrected chi connectivity index (χ2v) is 9.27. The molecule has 0 bridgehead atoms. The number of rotatable bonds is 2. The molecule has 0 saturated heterocycles. The van der Waals surface area contributed by atoms with E-state index < -0.39 is 36.2 Å². The highest BCUT2D eigenvalue weighted by molar-refractivity contribution is 6.19. The Kier molecular flexibility index (Phi) is 2.92. The van der Waals surface area contributed by atoms with Gasteiger partial charge in [-0.1, -0.05) is 127 Å². The van der Waals surface area contributed by atoms with Gasteiger partial charge in [0.2, 0.25) is 0 Å². The second-order valence-electron chi connectivity index (χ2n) is 9.27. The Bertz CT molecular complexity index is 2340. The van der Waals surface area contributed by atoms with E-state index >= 15 is 0 Å². The predicted octanol–water partition coefficient (Wildman–Crippen LogP) is 9.31. The summed E-state index contributed by atoms with van der Waals surface area (Å²) < 4.78 is 85.3. The molecule has 2 unspecified atom stereocenters. The molecule has 1 aliphatic heterocycles. The Balaban J connectivity index is 1.53. The van der Waals surface area contributed by atoms with E-state index in [4.69, 9.17) is 15.7 Å². The maximum Gasteiger partial charge on any atom is 0.132 e. The first kappa shape index (κ1) is 13.6. The lowest BCUT2D eigenvalue weighted by Gasteiger charge is -2.26. The van der Waals surface area contributed by atoms with Crippen molar-refractivity contribution in [3.05, 3.63) is 144 Å². The molecule has 8 rings (SSSR count). The van der Waals surface area contributed by atoms with E-state index in [1.807, 2.05) is 78.9 Å². The van der Waals surface area contributed by atoms with Crippen LogP contribution >= 0.6 is 0 Å². The molecule has 0 aromatic heterocycles. The van der Waals surface area contributed by atoms with Gasteiger partial charge in [-0.3, -0.25) is 0 Å². The zero-order valence-electron chi connectivity index (χ0n) is 28.6. The molecule has 0 radical (unpaired) electrons. The molecule has 0 amide bonds. The van der Waals surface area contributed by atoms with E-state index in [0.29, 0.717) is 11.1 Å². The van der Waals surface area contributed by atoms with Crippen LogP contribution in [-0.2, 0) is 0 Å². The molecule has 1 heteroatoms. The van der Waals surface area contributed by atoms with Gasteiger partial charge in [0.05, 0.1) is 18.3 Å². The molecular formula is C36H24O. The smallest absolute Gasteiger partial charge is 0.132 e. The minimum atomic E-state index is -1.13. The molecule has 2 aliphatic rings. The maximum atomic E-state index is 9.32. The first-order valence-corrected chi connectivity index (χ1v) is 12.2. The summed E-state index contributed by atoms with van der Waals surface area (Å²) in [7, 11) is 0. The van der Waals surface area contributed by atoms with Crippen LogP contribution in [0, 0.1) is 0 Å². The SMILES string of the molecule is [2H]C1=C([2H])C2Oc3c(c([2H])c([2H])c4c([2H])c([2H])c([2H])c([2H])c34)C2C(c2c3ccccc3c(-c3ccccc3)c3ccccc23)=C1[2H]. The highest BCUT2D eigenvalue weighted by Gasteiger charge is 2.39. The second kappa shape index (κ2) is 7.94. The monoisotopic (exact) mass is 481 g/mol. The van der Waals surface area contributed by atoms with E-state index in [9.17, 15) is 1.37 Å². The normalized spacial score (nSPS) is 22.2. The fourth-order valence-electron chi connectivity index (χ4n) is 5.80. The molecule has 6 aromatic rings. The summed E-state index contributed by atoms with van der Waals surface area (Å²) >= 11 is 0. The fourth-order valence-corrected chi connectivity index (χ4v) is 5.80. The lowest BCUT2D eigenvalue weighted by atomic mass is 9.77. The van der Waals surface area contributed by atoms with Gasteiger partial charge in [0.25, 0.3) is 0 Å². The average Bonchev–Trinajstić information content (AvgIpc) is 3.47. The standard InChI is InChI=1S/C36H24O/c1-2-12-24(13-3-1)33-26-15-6-8-17-28(26)34(29-18-9-7-16-27(29)33)30-19-10-20-32-35(30)31-22-21-23-11-4-5-14-25(23)36(31)37-32/h1-22,32,35H/i4D,5D,10D,11D,14D,19D,20D,21D,22D. The van der Waals surface area contributed by atoms with Crippen LogP contribution in [0.1, 0.15) is 29.4 Å². The quantitative estimate of drug-likeness (QED) is 0.224. The largest absolute Gasteiger partial charge is 0.484 e. The van der Waals surface area contributed by atoms with E-state index in [-0.39, 0.29) is 52.3 Å². The maximum absolute atomic E-state index is 9.32. The van der Waals surface area contributed by atoms with Crippen molar-refractivity contribution in [2.24, 2.45) is 0 Å². The van der Waals surface area contributed by atoms with E-state index in [0.717, 1.165) is 32.7 Å². The Morgan fingerprint density at radius 2 is 1.27 bits per heavy atom. The summed E-state index contributed by atoms with van der Waals surface area (Å²) in [5.74, 6) is -0.949. The molecule has 1 aliphatic carbocycles. The first-order chi connectivity index (χ1) is 22.1. The van der Waals surface area contributed by atoms with Gasteiger partial charge in [0, 0.05) is 10.9 Å². The lowest BCUT2D eigenvalue weighted by Crippen LogP contribution is -2.19. The number of benzene rings is 6. The van der Waals surface area contributed by atoms with E-state index in [1.54, 1.807) is 0 Å². The Labute approximate surface area is 228 Å². The van der Waals surface area contributed by atoms with Crippen LogP contribution in [0.4, 0.5) is 0 Å². The molecule has 1 heterocycles. The van der Waals surface area contributed by atoms with Gasteiger partial charge in [-0.05, 0) is 55.2 Å². The molecule has 174 valence electrons. The zero-order chi connectivity index (χ0) is 32.2. The third-order valence-electron chi connectivity index (χ3n) is 7.33. The van der Waals surface area contributed by atoms with E-state index in [2.05, 4.69) is 0 Å². The van der Waals surface area contributed by atoms with Gasteiger partial charge in [-0.25, -0.2) is 0 Å². The average molecular weight is 482 g/mol. The summed E-state index contributed by atoms with van der Waals surface area (Å²) in [6, 6.07) is 22.4. The third-order valence-corrected chi connectivity index (χ3v) is 7.33. The molecule has 2 atom stereocenters. The van der Waals surface area contributed by atoms with Crippen molar-refractivity contribution in [1.29, 1.82) is 0 Å². The van der Waals surface area contributed by atoms with Crippen LogP contribution in [0.5, 0.6) is 5.75 Å². The van der Waals surface area contributed by atoms with Crippen molar-refractivity contribution >= 4 is 37.9 Å². The first-order valence-electron chi connectivity index (χ1n) is 16.7. The minimum Gasteiger partial charge on any atom is -0.484 e. The number of allylic oxidation sites excluding steroid dienone is 2. The predicted molar refractivity (Wildman–Crippen MR) is 155 cm³/mol. The van der Waals surface area contributed by atoms with Crippen LogP contribution in [0.3, 0.4) is 0 Å². The van der Waals surface area contributed by atoms with Gasteiger partial charge in [-0.2, -0.15) is 0 Å². The topological polar surface area (TPSA) is 9.23 Å². The molecule has 0 N–H and O–H groups in total. The van der Waals surface area contributed by atoms with Crippen molar-refractivity contribution in [3.8, 4) is 16.9 Å². The van der Waals surface area contributed by atoms with Crippen molar-refractivity contribution in [1.82, 2.24) is 0 Å². The van der Waals surface area contributed by atoms with Gasteiger partial charge in [0.1, 0.15) is 11.9 Å². The fraction of sp³-hybridized carbons (Fsp3) is 0.0556. The molecular weight excluding hydrogens is 448 g/mol. The summed E-state index contributed by atoms with van der Waals surface area (Å²) in [5, 5.41) is 3.31. The molecule has 6 aromatic carbocycles. The number of fused-ring (bicyclic) bond motifs is 7. The zero-order valence-corrected chi connectivity index (χ0v) is 19.6. The summed E-state index contributed by atoms with van der Waals surface area (Å²) in [6.07, 6.45) is -1.13. The minimum absolute atomic E-state index is 0.00253. The summed E-state index contributed by atoms with van der Waals surface area (Å²) in [4.78, 5) is 0. The molecule has 0 spiro atoms. The summed E-state index contributed by atoms with van der Waals surface area (Å²) in [5.41, 5.74) is 3.26. The lowest BCUT2D eigenvalue weighted by molar-refractivity contribution is 0.274. The molecule has 37 heavy (non-hydrogen) atoms. The highest BCUT2D eigenvalue weighted by atomic mass is 16.5. The molecule has 1 nitrogen and oxygen atoms in total. The van der Waals surface area contributed by atoms with Crippen molar-refractivity contribution in [3.63, 3.8) is 0 Å². The Morgan fingerprint density at radius 1 is 0.622 bits per heavy atom. The van der Waals surface area contributed by atoms with Crippen LogP contribution in [0.15, 0.2) is 133 Å². The number of hydrogen-bond acceptors (Lipinski definition) is 1. The number of hydrogen-bond donors (Lipinski definition) is 0. The van der Waals surface area contributed by atoms with Crippen LogP contribution in [0.25, 0.3) is 49.0 Å². The van der Waals surface area contributed by atoms with Gasteiger partial charge in [-0.15, -0.1) is 0 Å². The Morgan fingerprint density at radius 3 is 2.00 bits per heavy atom.